The third kappa shape index (κ3) is 4.39. The lowest BCUT2D eigenvalue weighted by atomic mass is 10.0. The van der Waals surface area contributed by atoms with Crippen molar-refractivity contribution in [2.75, 3.05) is 13.1 Å². The molecule has 0 spiro atoms. The molecule has 0 radical (unpaired) electrons. The Labute approximate surface area is 108 Å². The number of rotatable bonds is 4. The van der Waals surface area contributed by atoms with Gasteiger partial charge in [0, 0.05) is 13.1 Å². The first-order valence-electron chi connectivity index (χ1n) is 6.34. The maximum Gasteiger partial charge on any atom is 0.326 e. The molecule has 102 valence electrons. The third-order valence-electron chi connectivity index (χ3n) is 3.03. The average Bonchev–Trinajstić information content (AvgIpc) is 2.28. The summed E-state index contributed by atoms with van der Waals surface area (Å²) < 4.78 is 0. The van der Waals surface area contributed by atoms with Crippen molar-refractivity contribution in [2.24, 2.45) is 5.92 Å². The summed E-state index contributed by atoms with van der Waals surface area (Å²) in [6.45, 7) is 7.13. The molecule has 0 unspecified atom stereocenters. The van der Waals surface area contributed by atoms with E-state index in [0.717, 1.165) is 6.42 Å². The van der Waals surface area contributed by atoms with Crippen molar-refractivity contribution in [1.29, 1.82) is 0 Å². The zero-order chi connectivity index (χ0) is 13.7. The molecule has 0 aromatic rings. The van der Waals surface area contributed by atoms with Gasteiger partial charge in [-0.05, 0) is 25.7 Å². The van der Waals surface area contributed by atoms with Gasteiger partial charge < -0.3 is 15.3 Å². The highest BCUT2D eigenvalue weighted by molar-refractivity contribution is 5.82. The highest BCUT2D eigenvalue weighted by atomic mass is 16.4. The van der Waals surface area contributed by atoms with Crippen molar-refractivity contribution in [1.82, 2.24) is 10.2 Å². The molecule has 0 aliphatic carbocycles. The Morgan fingerprint density at radius 1 is 1.50 bits per heavy atom. The van der Waals surface area contributed by atoms with Crippen LogP contribution in [0.25, 0.3) is 0 Å². The lowest BCUT2D eigenvalue weighted by molar-refractivity contribution is -0.139. The Morgan fingerprint density at radius 3 is 2.61 bits per heavy atom. The van der Waals surface area contributed by atoms with Crippen LogP contribution in [-0.2, 0) is 4.79 Å². The molecular formula is C13H22N2O3. The lowest BCUT2D eigenvalue weighted by Crippen LogP contribution is -2.49. The van der Waals surface area contributed by atoms with Crippen LogP contribution in [-0.4, -0.2) is 41.1 Å². The van der Waals surface area contributed by atoms with Gasteiger partial charge in [-0.2, -0.15) is 0 Å². The van der Waals surface area contributed by atoms with Crippen LogP contribution < -0.4 is 5.32 Å². The minimum Gasteiger partial charge on any atom is -0.480 e. The maximum atomic E-state index is 11.9. The predicted octanol–water partition coefficient (Wildman–Crippen LogP) is 1.85. The highest BCUT2D eigenvalue weighted by Crippen LogP contribution is 2.11. The van der Waals surface area contributed by atoms with Crippen LogP contribution in [0.5, 0.6) is 0 Å². The van der Waals surface area contributed by atoms with Gasteiger partial charge in [-0.15, -0.1) is 0 Å². The number of hydrogen-bond donors (Lipinski definition) is 2. The van der Waals surface area contributed by atoms with Gasteiger partial charge in [0.25, 0.3) is 0 Å². The number of hydrogen-bond acceptors (Lipinski definition) is 2. The minimum atomic E-state index is -0.971. The Bertz CT molecular complexity index is 350. The van der Waals surface area contributed by atoms with Crippen LogP contribution in [0.15, 0.2) is 11.6 Å². The second-order valence-electron chi connectivity index (χ2n) is 5.22. The topological polar surface area (TPSA) is 69.6 Å². The van der Waals surface area contributed by atoms with E-state index in [-0.39, 0.29) is 11.9 Å². The largest absolute Gasteiger partial charge is 0.480 e. The normalized spacial score (nSPS) is 17.3. The molecule has 1 atom stereocenters. The molecule has 0 aromatic carbocycles. The molecule has 5 nitrogen and oxygen atoms in total. The molecular weight excluding hydrogens is 232 g/mol. The molecule has 0 saturated carbocycles. The SMILES string of the molecule is CC1=CCN(C(=O)N[C@H](CC(C)C)C(=O)O)CC1. The molecule has 0 bridgehead atoms. The van der Waals surface area contributed by atoms with Gasteiger partial charge in [0.05, 0.1) is 0 Å². The van der Waals surface area contributed by atoms with Gasteiger partial charge in [0.1, 0.15) is 6.04 Å². The van der Waals surface area contributed by atoms with E-state index in [2.05, 4.69) is 5.32 Å². The van der Waals surface area contributed by atoms with Gasteiger partial charge in [0.2, 0.25) is 0 Å². The van der Waals surface area contributed by atoms with Crippen LogP contribution >= 0.6 is 0 Å². The van der Waals surface area contributed by atoms with E-state index >= 15 is 0 Å². The van der Waals surface area contributed by atoms with Crippen molar-refractivity contribution < 1.29 is 14.7 Å². The molecule has 0 saturated heterocycles. The first kappa shape index (κ1) is 14.5. The van der Waals surface area contributed by atoms with E-state index in [1.807, 2.05) is 26.8 Å². The average molecular weight is 254 g/mol. The summed E-state index contributed by atoms with van der Waals surface area (Å²) in [4.78, 5) is 24.6. The van der Waals surface area contributed by atoms with E-state index in [1.54, 1.807) is 4.90 Å². The summed E-state index contributed by atoms with van der Waals surface area (Å²) in [6.07, 6.45) is 3.31. The van der Waals surface area contributed by atoms with E-state index in [4.69, 9.17) is 5.11 Å². The van der Waals surface area contributed by atoms with Crippen molar-refractivity contribution >= 4 is 12.0 Å². The monoisotopic (exact) mass is 254 g/mol. The quantitative estimate of drug-likeness (QED) is 0.752. The van der Waals surface area contributed by atoms with Crippen LogP contribution in [0.2, 0.25) is 0 Å². The maximum absolute atomic E-state index is 11.9. The summed E-state index contributed by atoms with van der Waals surface area (Å²) in [6, 6.07) is -1.09. The standard InChI is InChI=1S/C13H22N2O3/c1-9(2)8-11(12(16)17)14-13(18)15-6-4-10(3)5-7-15/h4,9,11H,5-8H2,1-3H3,(H,14,18)(H,16,17)/t11-/m1/s1. The number of amides is 2. The van der Waals surface area contributed by atoms with Crippen molar-refractivity contribution in [3.8, 4) is 0 Å². The van der Waals surface area contributed by atoms with E-state index < -0.39 is 12.0 Å². The molecule has 5 heteroatoms. The summed E-state index contributed by atoms with van der Waals surface area (Å²) in [5.74, 6) is -0.740. The smallest absolute Gasteiger partial charge is 0.326 e. The third-order valence-corrected chi connectivity index (χ3v) is 3.03. The first-order chi connectivity index (χ1) is 8.40. The van der Waals surface area contributed by atoms with Crippen molar-refractivity contribution in [3.05, 3.63) is 11.6 Å². The van der Waals surface area contributed by atoms with E-state index in [0.29, 0.717) is 19.5 Å². The fourth-order valence-electron chi connectivity index (χ4n) is 1.89. The summed E-state index contributed by atoms with van der Waals surface area (Å²) in [7, 11) is 0. The summed E-state index contributed by atoms with van der Waals surface area (Å²) >= 11 is 0. The van der Waals surface area contributed by atoms with Gasteiger partial charge in [0.15, 0.2) is 0 Å². The number of carboxylic acid groups (broad SMARTS) is 1. The Hall–Kier alpha value is -1.52. The molecule has 0 fully saturated rings. The minimum absolute atomic E-state index is 0.231. The number of carbonyl (C=O) groups excluding carboxylic acids is 1. The molecule has 1 aliphatic heterocycles. The number of nitrogens with zero attached hydrogens (tertiary/aromatic N) is 1. The fourth-order valence-corrected chi connectivity index (χ4v) is 1.89. The Morgan fingerprint density at radius 2 is 2.17 bits per heavy atom. The Kier molecular flexibility index (Phi) is 5.19. The van der Waals surface area contributed by atoms with Crippen molar-refractivity contribution in [3.63, 3.8) is 0 Å². The van der Waals surface area contributed by atoms with Gasteiger partial charge >= 0.3 is 12.0 Å². The number of urea groups is 1. The number of aliphatic carboxylic acids is 1. The van der Waals surface area contributed by atoms with Crippen LogP contribution in [0.4, 0.5) is 4.79 Å². The number of carboxylic acids is 1. The van der Waals surface area contributed by atoms with E-state index in [9.17, 15) is 9.59 Å². The Balaban J connectivity index is 2.53. The number of nitrogens with one attached hydrogen (secondary N) is 1. The highest BCUT2D eigenvalue weighted by Gasteiger charge is 2.24. The second kappa shape index (κ2) is 6.42. The molecule has 1 rings (SSSR count). The van der Waals surface area contributed by atoms with E-state index in [1.165, 1.54) is 5.57 Å². The molecule has 1 heterocycles. The predicted molar refractivity (Wildman–Crippen MR) is 69.4 cm³/mol. The molecule has 2 N–H and O–H groups in total. The fraction of sp³-hybridized carbons (Fsp3) is 0.692. The molecule has 2 amide bonds. The van der Waals surface area contributed by atoms with Gasteiger partial charge in [-0.1, -0.05) is 25.5 Å². The first-order valence-corrected chi connectivity index (χ1v) is 6.34. The van der Waals surface area contributed by atoms with Crippen LogP contribution in [0.3, 0.4) is 0 Å². The summed E-state index contributed by atoms with van der Waals surface area (Å²) in [5.41, 5.74) is 1.27. The second-order valence-corrected chi connectivity index (χ2v) is 5.22. The van der Waals surface area contributed by atoms with Crippen LogP contribution in [0, 0.1) is 5.92 Å². The zero-order valence-corrected chi connectivity index (χ0v) is 11.3. The number of carbonyl (C=O) groups is 2. The lowest BCUT2D eigenvalue weighted by Gasteiger charge is -2.27. The summed E-state index contributed by atoms with van der Waals surface area (Å²) in [5, 5.41) is 11.7. The molecule has 18 heavy (non-hydrogen) atoms. The zero-order valence-electron chi connectivity index (χ0n) is 11.3. The molecule has 1 aliphatic rings. The van der Waals surface area contributed by atoms with Gasteiger partial charge in [-0.25, -0.2) is 9.59 Å². The van der Waals surface area contributed by atoms with Crippen molar-refractivity contribution in [2.45, 2.75) is 39.7 Å². The van der Waals surface area contributed by atoms with Crippen LogP contribution in [0.1, 0.15) is 33.6 Å². The van der Waals surface area contributed by atoms with Gasteiger partial charge in [-0.3, -0.25) is 0 Å². The molecule has 0 aromatic heterocycles.